The summed E-state index contributed by atoms with van der Waals surface area (Å²) in [6, 6.07) is 5.55. The smallest absolute Gasteiger partial charge is 0.229 e. The normalized spacial score (nSPS) is 20.4. The molecule has 2 aromatic rings. The summed E-state index contributed by atoms with van der Waals surface area (Å²) < 4.78 is 10.1. The number of anilines is 1. The van der Waals surface area contributed by atoms with Gasteiger partial charge in [-0.2, -0.15) is 4.37 Å². The number of nitrogens with zero attached hydrogens (tertiary/aromatic N) is 3. The molecule has 0 aliphatic carbocycles. The third kappa shape index (κ3) is 4.76. The van der Waals surface area contributed by atoms with Gasteiger partial charge in [0.1, 0.15) is 5.75 Å². The van der Waals surface area contributed by atoms with Crippen molar-refractivity contribution in [2.75, 3.05) is 38.1 Å². The van der Waals surface area contributed by atoms with Gasteiger partial charge >= 0.3 is 0 Å². The van der Waals surface area contributed by atoms with Crippen molar-refractivity contribution in [1.29, 1.82) is 0 Å². The lowest BCUT2D eigenvalue weighted by molar-refractivity contribution is -0.120. The van der Waals surface area contributed by atoms with Crippen LogP contribution in [0.3, 0.4) is 0 Å². The van der Waals surface area contributed by atoms with E-state index in [0.717, 1.165) is 49.9 Å². The summed E-state index contributed by atoms with van der Waals surface area (Å²) in [6.45, 7) is 5.19. The van der Waals surface area contributed by atoms with Crippen LogP contribution in [0.2, 0.25) is 5.02 Å². The highest BCUT2D eigenvalue weighted by Crippen LogP contribution is 2.30. The van der Waals surface area contributed by atoms with Gasteiger partial charge in [-0.15, -0.1) is 0 Å². The van der Waals surface area contributed by atoms with E-state index < -0.39 is 0 Å². The number of rotatable bonds is 4. The Morgan fingerprint density at radius 2 is 2.26 bits per heavy atom. The lowest BCUT2D eigenvalue weighted by Crippen LogP contribution is -2.43. The molecule has 0 spiro atoms. The van der Waals surface area contributed by atoms with E-state index in [0.29, 0.717) is 29.6 Å². The monoisotopic (exact) mass is 407 g/mol. The van der Waals surface area contributed by atoms with Crippen LogP contribution < -0.4 is 15.4 Å². The Morgan fingerprint density at radius 1 is 1.41 bits per heavy atom. The van der Waals surface area contributed by atoms with Crippen molar-refractivity contribution in [1.82, 2.24) is 19.6 Å². The van der Waals surface area contributed by atoms with Crippen molar-refractivity contribution >= 4 is 34.2 Å². The van der Waals surface area contributed by atoms with Gasteiger partial charge in [0.15, 0.2) is 5.82 Å². The number of nitrogens with one attached hydrogen (secondary N) is 2. The highest BCUT2D eigenvalue weighted by atomic mass is 35.5. The van der Waals surface area contributed by atoms with Crippen LogP contribution >= 0.6 is 23.1 Å². The summed E-state index contributed by atoms with van der Waals surface area (Å²) in [5.74, 6) is 1.35. The van der Waals surface area contributed by atoms with Crippen LogP contribution in [0.5, 0.6) is 5.75 Å². The number of amides is 1. The summed E-state index contributed by atoms with van der Waals surface area (Å²) in [5.41, 5.74) is 0.969. The van der Waals surface area contributed by atoms with Crippen LogP contribution in [0, 0.1) is 5.92 Å². The lowest BCUT2D eigenvalue weighted by atomic mass is 9.96. The van der Waals surface area contributed by atoms with Crippen molar-refractivity contribution in [3.8, 4) is 5.75 Å². The Labute approximate surface area is 167 Å². The highest BCUT2D eigenvalue weighted by molar-refractivity contribution is 7.09. The second-order valence-electron chi connectivity index (χ2n) is 6.82. The Balaban J connectivity index is 1.37. The number of hydrogen-bond acceptors (Lipinski definition) is 7. The number of fused-ring (bicyclic) bond motifs is 1. The predicted octanol–water partition coefficient (Wildman–Crippen LogP) is 2.18. The number of benzene rings is 1. The van der Waals surface area contributed by atoms with Crippen LogP contribution in [0.1, 0.15) is 17.8 Å². The molecule has 3 heterocycles. The van der Waals surface area contributed by atoms with E-state index in [1.807, 2.05) is 18.2 Å². The van der Waals surface area contributed by atoms with Crippen LogP contribution in [0.25, 0.3) is 0 Å². The molecule has 2 aliphatic rings. The molecule has 1 aromatic carbocycles. The Hall–Kier alpha value is -1.74. The van der Waals surface area contributed by atoms with Crippen molar-refractivity contribution < 1.29 is 9.53 Å². The van der Waals surface area contributed by atoms with Crippen LogP contribution in [0.4, 0.5) is 5.13 Å². The molecule has 7 nitrogen and oxygen atoms in total. The molecule has 0 bridgehead atoms. The minimum atomic E-state index is -0.176. The Morgan fingerprint density at radius 3 is 3.11 bits per heavy atom. The number of carbonyl (C=O) groups excluding carboxylic acids is 1. The fourth-order valence-electron chi connectivity index (χ4n) is 3.40. The summed E-state index contributed by atoms with van der Waals surface area (Å²) in [6.07, 6.45) is 1.26. The quantitative estimate of drug-likeness (QED) is 0.808. The van der Waals surface area contributed by atoms with E-state index in [4.69, 9.17) is 16.3 Å². The molecule has 0 radical (unpaired) electrons. The van der Waals surface area contributed by atoms with Gasteiger partial charge < -0.3 is 15.4 Å². The molecule has 1 atom stereocenters. The maximum absolute atomic E-state index is 12.7. The van der Waals surface area contributed by atoms with E-state index >= 15 is 0 Å². The lowest BCUT2D eigenvalue weighted by Gasteiger charge is -2.25. The van der Waals surface area contributed by atoms with Crippen molar-refractivity contribution in [3.63, 3.8) is 0 Å². The largest absolute Gasteiger partial charge is 0.493 e. The first-order valence-electron chi connectivity index (χ1n) is 9.15. The molecule has 2 aliphatic heterocycles. The molecular formula is C18H22ClN5O2S. The number of ether oxygens (including phenoxy) is 1. The van der Waals surface area contributed by atoms with Gasteiger partial charge in [0, 0.05) is 48.7 Å². The summed E-state index contributed by atoms with van der Waals surface area (Å²) in [4.78, 5) is 19.5. The van der Waals surface area contributed by atoms with Gasteiger partial charge in [-0.25, -0.2) is 4.98 Å². The average molecular weight is 408 g/mol. The summed E-state index contributed by atoms with van der Waals surface area (Å²) >= 11 is 7.33. The summed E-state index contributed by atoms with van der Waals surface area (Å²) in [5, 5.41) is 7.47. The molecular weight excluding hydrogens is 386 g/mol. The van der Waals surface area contributed by atoms with Crippen LogP contribution in [-0.2, 0) is 17.8 Å². The number of carbonyl (C=O) groups is 1. The predicted molar refractivity (Wildman–Crippen MR) is 105 cm³/mol. The first-order valence-corrected chi connectivity index (χ1v) is 10.3. The Bertz CT molecular complexity index is 809. The molecule has 1 unspecified atom stereocenters. The first-order chi connectivity index (χ1) is 13.2. The fraction of sp³-hybridized carbons (Fsp3) is 0.500. The van der Waals surface area contributed by atoms with E-state index in [2.05, 4.69) is 24.9 Å². The molecule has 4 rings (SSSR count). The molecule has 1 aromatic heterocycles. The SMILES string of the molecule is O=C(Nc1nc(CN2CCNCC2)ns1)C1CCOc2ccc(Cl)cc2C1. The Kier molecular flexibility index (Phi) is 5.87. The van der Waals surface area contributed by atoms with Gasteiger partial charge in [0.25, 0.3) is 0 Å². The maximum Gasteiger partial charge on any atom is 0.229 e. The second kappa shape index (κ2) is 8.52. The minimum Gasteiger partial charge on any atom is -0.493 e. The number of hydrogen-bond donors (Lipinski definition) is 2. The van der Waals surface area contributed by atoms with E-state index in [9.17, 15) is 4.79 Å². The van der Waals surface area contributed by atoms with Crippen LogP contribution in [-0.4, -0.2) is 53.0 Å². The van der Waals surface area contributed by atoms with Crippen molar-refractivity contribution in [2.24, 2.45) is 5.92 Å². The molecule has 0 saturated carbocycles. The third-order valence-corrected chi connectivity index (χ3v) is 5.76. The molecule has 1 fully saturated rings. The van der Waals surface area contributed by atoms with Gasteiger partial charge in [0.2, 0.25) is 11.0 Å². The van der Waals surface area contributed by atoms with E-state index in [1.165, 1.54) is 11.5 Å². The summed E-state index contributed by atoms with van der Waals surface area (Å²) in [7, 11) is 0. The highest BCUT2D eigenvalue weighted by Gasteiger charge is 2.25. The van der Waals surface area contributed by atoms with Gasteiger partial charge in [-0.1, -0.05) is 11.6 Å². The zero-order chi connectivity index (χ0) is 18.6. The standard InChI is InChI=1S/C18H22ClN5O2S/c19-14-1-2-15-13(10-14)9-12(3-8-26-15)17(25)22-18-21-16(23-27-18)11-24-6-4-20-5-7-24/h1-2,10,12,20H,3-9,11H2,(H,21,22,23,25). The number of piperazine rings is 1. The molecule has 9 heteroatoms. The average Bonchev–Trinajstić information content (AvgIpc) is 2.98. The number of aromatic nitrogens is 2. The van der Waals surface area contributed by atoms with Crippen molar-refractivity contribution in [2.45, 2.75) is 19.4 Å². The second-order valence-corrected chi connectivity index (χ2v) is 8.01. The topological polar surface area (TPSA) is 79.4 Å². The zero-order valence-electron chi connectivity index (χ0n) is 14.9. The van der Waals surface area contributed by atoms with E-state index in [-0.39, 0.29) is 11.8 Å². The molecule has 1 saturated heterocycles. The maximum atomic E-state index is 12.7. The van der Waals surface area contributed by atoms with Gasteiger partial charge in [-0.05, 0) is 36.6 Å². The zero-order valence-corrected chi connectivity index (χ0v) is 16.5. The third-order valence-electron chi connectivity index (χ3n) is 4.86. The molecule has 27 heavy (non-hydrogen) atoms. The minimum absolute atomic E-state index is 0.0451. The van der Waals surface area contributed by atoms with Gasteiger partial charge in [-0.3, -0.25) is 9.69 Å². The van der Waals surface area contributed by atoms with Crippen molar-refractivity contribution in [3.05, 3.63) is 34.6 Å². The molecule has 144 valence electrons. The molecule has 1 amide bonds. The fourth-order valence-corrected chi connectivity index (χ4v) is 4.17. The number of halogens is 1. The van der Waals surface area contributed by atoms with Gasteiger partial charge in [0.05, 0.1) is 13.2 Å². The van der Waals surface area contributed by atoms with Crippen LogP contribution in [0.15, 0.2) is 18.2 Å². The molecule has 2 N–H and O–H groups in total. The van der Waals surface area contributed by atoms with E-state index in [1.54, 1.807) is 0 Å². The first kappa shape index (κ1) is 18.6.